The standard InChI is InChI=1S/C25H37NO6Si/c1-30-25(26-16-23(29)31-13-14-33(2,3)4)24-19(20-10-11-21(24)32-20)15-18-8-6-5-7-17(18)9-12-22(27)28/h5-8,19-21,24H,9-16H2,1-4H3,(H,27,28)/t19-,20-,21-,24-/m1/s1. The molecule has 1 N–H and O–H groups in total. The van der Waals surface area contributed by atoms with Crippen molar-refractivity contribution in [3.8, 4) is 0 Å². The fourth-order valence-corrected chi connectivity index (χ4v) is 5.55. The van der Waals surface area contributed by atoms with Gasteiger partial charge in [0.2, 0.25) is 0 Å². The maximum atomic E-state index is 12.2. The van der Waals surface area contributed by atoms with Crippen LogP contribution in [0.1, 0.15) is 30.4 Å². The van der Waals surface area contributed by atoms with E-state index in [-0.39, 0.29) is 43.0 Å². The quantitative estimate of drug-likeness (QED) is 0.225. The molecule has 0 spiro atoms. The third-order valence-electron chi connectivity index (χ3n) is 6.58. The summed E-state index contributed by atoms with van der Waals surface area (Å²) in [6, 6.07) is 8.95. The molecular formula is C25H37NO6Si. The zero-order valence-electron chi connectivity index (χ0n) is 20.2. The number of carbonyl (C=O) groups excluding carboxylic acids is 1. The lowest BCUT2D eigenvalue weighted by Gasteiger charge is -2.29. The van der Waals surface area contributed by atoms with Crippen LogP contribution in [-0.2, 0) is 36.6 Å². The smallest absolute Gasteiger partial charge is 0.327 e. The Balaban J connectivity index is 1.69. The Labute approximate surface area is 197 Å². The second-order valence-electron chi connectivity index (χ2n) is 10.2. The fraction of sp³-hybridized carbons (Fsp3) is 0.640. The van der Waals surface area contributed by atoms with Crippen molar-refractivity contribution in [2.24, 2.45) is 16.8 Å². The zero-order valence-corrected chi connectivity index (χ0v) is 21.2. The molecule has 0 aliphatic carbocycles. The van der Waals surface area contributed by atoms with Gasteiger partial charge in [-0.1, -0.05) is 43.9 Å². The lowest BCUT2D eigenvalue weighted by molar-refractivity contribution is -0.141. The number of methoxy groups -OCH3 is 1. The largest absolute Gasteiger partial charge is 0.484 e. The molecule has 0 radical (unpaired) electrons. The summed E-state index contributed by atoms with van der Waals surface area (Å²) in [5.41, 5.74) is 2.20. The van der Waals surface area contributed by atoms with Gasteiger partial charge in [0.05, 0.1) is 31.8 Å². The average molecular weight is 476 g/mol. The molecule has 4 atom stereocenters. The summed E-state index contributed by atoms with van der Waals surface area (Å²) in [7, 11) is 0.340. The summed E-state index contributed by atoms with van der Waals surface area (Å²) < 4.78 is 17.3. The first-order valence-electron chi connectivity index (χ1n) is 11.9. The maximum Gasteiger partial charge on any atom is 0.327 e. The van der Waals surface area contributed by atoms with E-state index in [4.69, 9.17) is 19.3 Å². The van der Waals surface area contributed by atoms with Gasteiger partial charge >= 0.3 is 11.9 Å². The Morgan fingerprint density at radius 3 is 2.52 bits per heavy atom. The number of nitrogens with zero attached hydrogens (tertiary/aromatic N) is 1. The number of rotatable bonds is 11. The first kappa shape index (κ1) is 25.4. The second-order valence-corrected chi connectivity index (χ2v) is 15.9. The van der Waals surface area contributed by atoms with E-state index in [0.29, 0.717) is 18.9 Å². The first-order chi connectivity index (χ1) is 15.7. The Hall–Kier alpha value is -2.19. The van der Waals surface area contributed by atoms with Gasteiger partial charge in [0.1, 0.15) is 6.54 Å². The minimum Gasteiger partial charge on any atom is -0.484 e. The maximum absolute atomic E-state index is 12.2. The van der Waals surface area contributed by atoms with Gasteiger partial charge in [-0.15, -0.1) is 0 Å². The van der Waals surface area contributed by atoms with Crippen molar-refractivity contribution in [3.63, 3.8) is 0 Å². The molecule has 2 fully saturated rings. The van der Waals surface area contributed by atoms with Gasteiger partial charge < -0.3 is 19.3 Å². The molecule has 8 heteroatoms. The van der Waals surface area contributed by atoms with E-state index in [0.717, 1.165) is 36.4 Å². The predicted octanol–water partition coefficient (Wildman–Crippen LogP) is 3.97. The number of aliphatic carboxylic acids is 1. The number of aliphatic imine (C=N–C) groups is 1. The van der Waals surface area contributed by atoms with Gasteiger partial charge in [-0.25, -0.2) is 4.99 Å². The number of fused-ring (bicyclic) bond motifs is 2. The average Bonchev–Trinajstić information content (AvgIpc) is 3.35. The van der Waals surface area contributed by atoms with Crippen LogP contribution >= 0.6 is 0 Å². The van der Waals surface area contributed by atoms with Crippen LogP contribution in [0.3, 0.4) is 0 Å². The Kier molecular flexibility index (Phi) is 8.70. The Morgan fingerprint density at radius 2 is 1.85 bits per heavy atom. The number of hydrogen-bond acceptors (Lipinski definition) is 6. The summed E-state index contributed by atoms with van der Waals surface area (Å²) in [6.45, 7) is 7.13. The fourth-order valence-electron chi connectivity index (χ4n) is 4.84. The first-order valence-corrected chi connectivity index (χ1v) is 15.6. The molecule has 3 rings (SSSR count). The van der Waals surface area contributed by atoms with Crippen LogP contribution in [0.2, 0.25) is 25.7 Å². The molecule has 2 heterocycles. The summed E-state index contributed by atoms with van der Waals surface area (Å²) in [5, 5.41) is 9.09. The van der Waals surface area contributed by atoms with Crippen LogP contribution in [-0.4, -0.2) is 63.5 Å². The predicted molar refractivity (Wildman–Crippen MR) is 129 cm³/mol. The number of carbonyl (C=O) groups is 2. The van der Waals surface area contributed by atoms with E-state index in [1.807, 2.05) is 18.2 Å². The van der Waals surface area contributed by atoms with Gasteiger partial charge in [0.15, 0.2) is 5.90 Å². The summed E-state index contributed by atoms with van der Waals surface area (Å²) in [6.07, 6.45) is 3.49. The molecule has 2 bridgehead atoms. The molecule has 7 nitrogen and oxygen atoms in total. The summed E-state index contributed by atoms with van der Waals surface area (Å²) in [4.78, 5) is 27.8. The number of hydrogen-bond donors (Lipinski definition) is 1. The third-order valence-corrected chi connectivity index (χ3v) is 8.28. The monoisotopic (exact) mass is 475 g/mol. The molecule has 1 aromatic carbocycles. The number of carboxylic acid groups (broad SMARTS) is 1. The van der Waals surface area contributed by atoms with Crippen LogP contribution < -0.4 is 0 Å². The topological polar surface area (TPSA) is 94.4 Å². The van der Waals surface area contributed by atoms with Gasteiger partial charge in [-0.3, -0.25) is 9.59 Å². The Morgan fingerprint density at radius 1 is 1.15 bits per heavy atom. The summed E-state index contributed by atoms with van der Waals surface area (Å²) >= 11 is 0. The van der Waals surface area contributed by atoms with E-state index in [1.54, 1.807) is 7.11 Å². The molecule has 2 aliphatic heterocycles. The zero-order chi connectivity index (χ0) is 24.0. The number of ether oxygens (including phenoxy) is 3. The minimum atomic E-state index is -1.26. The Bertz CT molecular complexity index is 865. The van der Waals surface area contributed by atoms with Crippen molar-refractivity contribution in [1.29, 1.82) is 0 Å². The molecule has 2 aliphatic rings. The molecule has 0 aromatic heterocycles. The van der Waals surface area contributed by atoms with Crippen molar-refractivity contribution >= 4 is 25.9 Å². The molecule has 182 valence electrons. The number of aryl methyl sites for hydroxylation is 1. The lowest BCUT2D eigenvalue weighted by atomic mass is 9.75. The second kappa shape index (κ2) is 11.3. The van der Waals surface area contributed by atoms with Crippen molar-refractivity contribution in [3.05, 3.63) is 35.4 Å². The molecule has 0 amide bonds. The highest BCUT2D eigenvalue weighted by Crippen LogP contribution is 2.46. The highest BCUT2D eigenvalue weighted by Gasteiger charge is 2.51. The summed E-state index contributed by atoms with van der Waals surface area (Å²) in [5.74, 6) is -0.413. The highest BCUT2D eigenvalue weighted by atomic mass is 28.3. The van der Waals surface area contributed by atoms with Crippen molar-refractivity contribution in [1.82, 2.24) is 0 Å². The van der Waals surface area contributed by atoms with Gasteiger partial charge in [-0.05, 0) is 42.9 Å². The normalized spacial score (nSPS) is 24.7. The van der Waals surface area contributed by atoms with E-state index in [2.05, 4.69) is 30.7 Å². The van der Waals surface area contributed by atoms with Gasteiger partial charge in [0, 0.05) is 20.4 Å². The number of esters is 1. The van der Waals surface area contributed by atoms with Gasteiger partial charge in [-0.2, -0.15) is 0 Å². The van der Waals surface area contributed by atoms with E-state index in [9.17, 15) is 9.59 Å². The molecule has 0 saturated carbocycles. The molecule has 1 aromatic rings. The van der Waals surface area contributed by atoms with Crippen LogP contribution in [0.4, 0.5) is 0 Å². The number of carboxylic acids is 1. The van der Waals surface area contributed by atoms with E-state index in [1.165, 1.54) is 0 Å². The third kappa shape index (κ3) is 7.14. The van der Waals surface area contributed by atoms with Crippen LogP contribution in [0.5, 0.6) is 0 Å². The van der Waals surface area contributed by atoms with Crippen LogP contribution in [0.15, 0.2) is 29.3 Å². The van der Waals surface area contributed by atoms with E-state index < -0.39 is 14.0 Å². The van der Waals surface area contributed by atoms with Crippen molar-refractivity contribution < 1.29 is 28.9 Å². The van der Waals surface area contributed by atoms with Crippen LogP contribution in [0.25, 0.3) is 0 Å². The van der Waals surface area contributed by atoms with Gasteiger partial charge in [0.25, 0.3) is 0 Å². The van der Waals surface area contributed by atoms with Crippen molar-refractivity contribution in [2.75, 3.05) is 20.3 Å². The molecule has 0 unspecified atom stereocenters. The van der Waals surface area contributed by atoms with E-state index >= 15 is 0 Å². The number of benzene rings is 1. The highest BCUT2D eigenvalue weighted by molar-refractivity contribution is 6.76. The molecule has 2 saturated heterocycles. The molecular weight excluding hydrogens is 438 g/mol. The minimum absolute atomic E-state index is 0.0175. The van der Waals surface area contributed by atoms with Crippen molar-refractivity contribution in [2.45, 2.75) is 70.0 Å². The van der Waals surface area contributed by atoms with Crippen LogP contribution in [0, 0.1) is 11.8 Å². The lowest BCUT2D eigenvalue weighted by Crippen LogP contribution is -2.36. The molecule has 33 heavy (non-hydrogen) atoms. The SMILES string of the molecule is COC(=NCC(=O)OCC[Si](C)(C)C)[C@@H]1[C@H](Cc2ccccc2CCC(=O)O)[C@H]2CC[C@H]1O2.